The SMILES string of the molecule is O=C(c1ccno1)N1CCO[C@@H]2C[C@H](COCC3CC3)C[C@@H]21. The van der Waals surface area contributed by atoms with E-state index in [1.54, 1.807) is 6.07 Å². The third-order valence-corrected chi connectivity index (χ3v) is 4.95. The molecule has 0 spiro atoms. The van der Waals surface area contributed by atoms with Crippen LogP contribution in [0.15, 0.2) is 16.8 Å². The van der Waals surface area contributed by atoms with E-state index in [4.69, 9.17) is 14.0 Å². The largest absolute Gasteiger partial charge is 0.381 e. The molecule has 1 aromatic heterocycles. The Bertz CT molecular complexity index is 514. The molecule has 6 heteroatoms. The van der Waals surface area contributed by atoms with Crippen molar-refractivity contribution < 1.29 is 18.8 Å². The standard InChI is InChI=1S/C16H22N2O4/c19-16(14-3-4-17-22-14)18-5-6-21-15-8-12(7-13(15)18)10-20-9-11-1-2-11/h3-4,11-13,15H,1-2,5-10H2/t12-,13+,15-/m1/s1. The number of carbonyl (C=O) groups is 1. The maximum atomic E-state index is 12.5. The van der Waals surface area contributed by atoms with Crippen molar-refractivity contribution in [3.63, 3.8) is 0 Å². The van der Waals surface area contributed by atoms with Crippen LogP contribution in [0.3, 0.4) is 0 Å². The summed E-state index contributed by atoms with van der Waals surface area (Å²) in [4.78, 5) is 14.4. The lowest BCUT2D eigenvalue weighted by Crippen LogP contribution is -2.51. The number of aromatic nitrogens is 1. The highest BCUT2D eigenvalue weighted by Gasteiger charge is 2.43. The molecule has 1 aliphatic heterocycles. The molecular formula is C16H22N2O4. The van der Waals surface area contributed by atoms with Crippen molar-refractivity contribution in [1.29, 1.82) is 0 Å². The van der Waals surface area contributed by atoms with Crippen LogP contribution in [0.2, 0.25) is 0 Å². The molecule has 4 rings (SSSR count). The van der Waals surface area contributed by atoms with Crippen LogP contribution in [0, 0.1) is 11.8 Å². The molecule has 120 valence electrons. The highest BCUT2D eigenvalue weighted by atomic mass is 16.5. The highest BCUT2D eigenvalue weighted by Crippen LogP contribution is 2.36. The Morgan fingerprint density at radius 3 is 2.95 bits per heavy atom. The zero-order valence-corrected chi connectivity index (χ0v) is 12.6. The quantitative estimate of drug-likeness (QED) is 0.829. The van der Waals surface area contributed by atoms with E-state index in [0.29, 0.717) is 24.8 Å². The third kappa shape index (κ3) is 2.90. The van der Waals surface area contributed by atoms with Gasteiger partial charge in [0.2, 0.25) is 5.76 Å². The Morgan fingerprint density at radius 2 is 2.18 bits per heavy atom. The van der Waals surface area contributed by atoms with Crippen LogP contribution in [-0.4, -0.2) is 54.5 Å². The number of hydrogen-bond donors (Lipinski definition) is 0. The summed E-state index contributed by atoms with van der Waals surface area (Å²) >= 11 is 0. The number of carbonyl (C=O) groups excluding carboxylic acids is 1. The molecule has 1 aromatic rings. The third-order valence-electron chi connectivity index (χ3n) is 4.95. The van der Waals surface area contributed by atoms with Gasteiger partial charge in [-0.1, -0.05) is 5.16 Å². The first-order chi connectivity index (χ1) is 10.8. The average Bonchev–Trinajstić information content (AvgIpc) is 3.04. The molecule has 0 unspecified atom stereocenters. The second-order valence-electron chi connectivity index (χ2n) is 6.67. The van der Waals surface area contributed by atoms with E-state index >= 15 is 0 Å². The van der Waals surface area contributed by atoms with Crippen LogP contribution in [0.1, 0.15) is 36.2 Å². The maximum Gasteiger partial charge on any atom is 0.292 e. The van der Waals surface area contributed by atoms with E-state index < -0.39 is 0 Å². The van der Waals surface area contributed by atoms with Gasteiger partial charge in [0.05, 0.1) is 24.9 Å². The first-order valence-corrected chi connectivity index (χ1v) is 8.22. The number of ether oxygens (including phenoxy) is 2. The summed E-state index contributed by atoms with van der Waals surface area (Å²) in [5, 5.41) is 3.63. The van der Waals surface area contributed by atoms with E-state index in [2.05, 4.69) is 5.16 Å². The number of rotatable bonds is 5. The van der Waals surface area contributed by atoms with Gasteiger partial charge in [-0.2, -0.15) is 0 Å². The number of amides is 1. The van der Waals surface area contributed by atoms with Crippen LogP contribution < -0.4 is 0 Å². The highest BCUT2D eigenvalue weighted by molar-refractivity contribution is 5.91. The molecule has 3 fully saturated rings. The predicted octanol–water partition coefficient (Wildman–Crippen LogP) is 1.72. The normalized spacial score (nSPS) is 31.3. The van der Waals surface area contributed by atoms with Gasteiger partial charge in [0.15, 0.2) is 0 Å². The molecule has 1 saturated heterocycles. The van der Waals surface area contributed by atoms with Crippen molar-refractivity contribution >= 4 is 5.91 Å². The van der Waals surface area contributed by atoms with Crippen molar-refractivity contribution in [2.75, 3.05) is 26.4 Å². The summed E-state index contributed by atoms with van der Waals surface area (Å²) in [7, 11) is 0. The predicted molar refractivity (Wildman–Crippen MR) is 77.3 cm³/mol. The van der Waals surface area contributed by atoms with Crippen molar-refractivity contribution in [2.24, 2.45) is 11.8 Å². The van der Waals surface area contributed by atoms with E-state index in [0.717, 1.165) is 32.0 Å². The number of nitrogens with zero attached hydrogens (tertiary/aromatic N) is 2. The van der Waals surface area contributed by atoms with Crippen molar-refractivity contribution in [1.82, 2.24) is 10.1 Å². The Hall–Kier alpha value is -1.40. The molecule has 0 aromatic carbocycles. The van der Waals surface area contributed by atoms with Crippen LogP contribution in [-0.2, 0) is 9.47 Å². The Labute approximate surface area is 129 Å². The fourth-order valence-corrected chi connectivity index (χ4v) is 3.59. The molecule has 2 saturated carbocycles. The minimum atomic E-state index is -0.0738. The first-order valence-electron chi connectivity index (χ1n) is 8.22. The van der Waals surface area contributed by atoms with Crippen LogP contribution in [0.25, 0.3) is 0 Å². The van der Waals surface area contributed by atoms with E-state index in [9.17, 15) is 4.79 Å². The maximum absolute atomic E-state index is 12.5. The fourth-order valence-electron chi connectivity index (χ4n) is 3.59. The van der Waals surface area contributed by atoms with Gasteiger partial charge in [-0.25, -0.2) is 0 Å². The molecule has 2 aliphatic carbocycles. The van der Waals surface area contributed by atoms with Gasteiger partial charge < -0.3 is 18.9 Å². The molecule has 6 nitrogen and oxygen atoms in total. The molecule has 0 bridgehead atoms. The van der Waals surface area contributed by atoms with Gasteiger partial charge >= 0.3 is 0 Å². The van der Waals surface area contributed by atoms with Crippen LogP contribution in [0.5, 0.6) is 0 Å². The van der Waals surface area contributed by atoms with Gasteiger partial charge in [-0.15, -0.1) is 0 Å². The van der Waals surface area contributed by atoms with E-state index in [1.165, 1.54) is 19.0 Å². The molecule has 0 radical (unpaired) electrons. The van der Waals surface area contributed by atoms with Gasteiger partial charge in [-0.05, 0) is 37.5 Å². The molecule has 3 atom stereocenters. The number of morpholine rings is 1. The summed E-state index contributed by atoms with van der Waals surface area (Å²) < 4.78 is 16.7. The smallest absolute Gasteiger partial charge is 0.292 e. The Balaban J connectivity index is 1.36. The van der Waals surface area contributed by atoms with Crippen molar-refractivity contribution in [3.05, 3.63) is 18.0 Å². The lowest BCUT2D eigenvalue weighted by molar-refractivity contribution is -0.0460. The summed E-state index contributed by atoms with van der Waals surface area (Å²) in [6.45, 7) is 2.90. The minimum absolute atomic E-state index is 0.0738. The van der Waals surface area contributed by atoms with E-state index in [-0.39, 0.29) is 18.1 Å². The monoisotopic (exact) mass is 306 g/mol. The molecule has 2 heterocycles. The van der Waals surface area contributed by atoms with Gasteiger partial charge in [0.1, 0.15) is 0 Å². The number of hydrogen-bond acceptors (Lipinski definition) is 5. The lowest BCUT2D eigenvalue weighted by Gasteiger charge is -2.37. The summed E-state index contributed by atoms with van der Waals surface area (Å²) in [5.74, 6) is 1.52. The molecule has 22 heavy (non-hydrogen) atoms. The Morgan fingerprint density at radius 1 is 1.32 bits per heavy atom. The van der Waals surface area contributed by atoms with E-state index in [1.807, 2.05) is 4.90 Å². The van der Waals surface area contributed by atoms with Crippen LogP contribution >= 0.6 is 0 Å². The summed E-state index contributed by atoms with van der Waals surface area (Å²) in [5.41, 5.74) is 0. The van der Waals surface area contributed by atoms with Gasteiger partial charge in [-0.3, -0.25) is 4.79 Å². The second-order valence-corrected chi connectivity index (χ2v) is 6.67. The summed E-state index contributed by atoms with van der Waals surface area (Å²) in [6.07, 6.45) is 6.21. The number of fused-ring (bicyclic) bond motifs is 1. The topological polar surface area (TPSA) is 64.8 Å². The molecule has 1 amide bonds. The molecule has 0 N–H and O–H groups in total. The zero-order valence-electron chi connectivity index (χ0n) is 12.6. The van der Waals surface area contributed by atoms with Crippen molar-refractivity contribution in [3.8, 4) is 0 Å². The van der Waals surface area contributed by atoms with Gasteiger partial charge in [0, 0.05) is 25.8 Å². The minimum Gasteiger partial charge on any atom is -0.381 e. The lowest BCUT2D eigenvalue weighted by atomic mass is 10.1. The van der Waals surface area contributed by atoms with Crippen molar-refractivity contribution in [2.45, 2.75) is 37.8 Å². The second kappa shape index (κ2) is 6.01. The van der Waals surface area contributed by atoms with Crippen LogP contribution in [0.4, 0.5) is 0 Å². The fraction of sp³-hybridized carbons (Fsp3) is 0.750. The Kier molecular flexibility index (Phi) is 3.88. The molecule has 3 aliphatic rings. The van der Waals surface area contributed by atoms with Gasteiger partial charge in [0.25, 0.3) is 5.91 Å². The zero-order chi connectivity index (χ0) is 14.9. The summed E-state index contributed by atoms with van der Waals surface area (Å²) in [6, 6.07) is 1.76. The first kappa shape index (κ1) is 14.2. The molecular weight excluding hydrogens is 284 g/mol. The average molecular weight is 306 g/mol.